The van der Waals surface area contributed by atoms with E-state index in [2.05, 4.69) is 5.43 Å². The molecule has 0 aromatic heterocycles. The van der Waals surface area contributed by atoms with Crippen LogP contribution in [-0.4, -0.2) is 35.6 Å². The van der Waals surface area contributed by atoms with Crippen LogP contribution in [0.5, 0.6) is 0 Å². The fraction of sp³-hybridized carbons (Fsp3) is 0.533. The number of ether oxygens (including phenoxy) is 1. The molecular formula is C15H23N3O2. The van der Waals surface area contributed by atoms with E-state index in [0.717, 1.165) is 11.3 Å². The Bertz CT molecular complexity index is 514. The lowest BCUT2D eigenvalue weighted by Crippen LogP contribution is -2.53. The lowest BCUT2D eigenvalue weighted by molar-refractivity contribution is -0.118. The summed E-state index contributed by atoms with van der Waals surface area (Å²) in [5, 5.41) is 0. The smallest absolute Gasteiger partial charge is 0.254 e. The third-order valence-corrected chi connectivity index (χ3v) is 3.48. The minimum absolute atomic E-state index is 0.0491. The summed E-state index contributed by atoms with van der Waals surface area (Å²) < 4.78 is 5.84. The van der Waals surface area contributed by atoms with Crippen molar-refractivity contribution in [1.82, 2.24) is 4.90 Å². The Morgan fingerprint density at radius 1 is 1.50 bits per heavy atom. The van der Waals surface area contributed by atoms with Gasteiger partial charge in [-0.15, -0.1) is 0 Å². The third kappa shape index (κ3) is 3.11. The second-order valence-corrected chi connectivity index (χ2v) is 6.05. The largest absolute Gasteiger partial charge is 0.369 e. The first kappa shape index (κ1) is 14.8. The highest BCUT2D eigenvalue weighted by molar-refractivity contribution is 5.96. The Kier molecular flexibility index (Phi) is 4.01. The molecule has 2 rings (SSSR count). The topological polar surface area (TPSA) is 67.6 Å². The summed E-state index contributed by atoms with van der Waals surface area (Å²) in [6.07, 6.45) is 0.0491. The molecular weight excluding hydrogens is 254 g/mol. The molecule has 0 spiro atoms. The van der Waals surface area contributed by atoms with Gasteiger partial charge in [-0.1, -0.05) is 0 Å². The van der Waals surface area contributed by atoms with E-state index in [9.17, 15) is 4.79 Å². The SMILES string of the molecule is Cc1cc(NN)ccc1C(=O)N1CC(C)OC(C)(C)C1. The normalized spacial score (nSPS) is 21.6. The van der Waals surface area contributed by atoms with Crippen LogP contribution < -0.4 is 11.3 Å². The van der Waals surface area contributed by atoms with Crippen LogP contribution in [0.2, 0.25) is 0 Å². The number of nitrogens with zero attached hydrogens (tertiary/aromatic N) is 1. The highest BCUT2D eigenvalue weighted by Crippen LogP contribution is 2.24. The van der Waals surface area contributed by atoms with E-state index < -0.39 is 0 Å². The van der Waals surface area contributed by atoms with E-state index in [1.807, 2.05) is 50.8 Å². The second-order valence-electron chi connectivity index (χ2n) is 6.05. The van der Waals surface area contributed by atoms with E-state index in [4.69, 9.17) is 10.6 Å². The van der Waals surface area contributed by atoms with Crippen LogP contribution in [0.3, 0.4) is 0 Å². The molecule has 20 heavy (non-hydrogen) atoms. The Morgan fingerprint density at radius 3 is 2.75 bits per heavy atom. The fourth-order valence-corrected chi connectivity index (χ4v) is 2.77. The van der Waals surface area contributed by atoms with Crippen molar-refractivity contribution >= 4 is 11.6 Å². The zero-order valence-corrected chi connectivity index (χ0v) is 12.6. The first-order valence-electron chi connectivity index (χ1n) is 6.87. The van der Waals surface area contributed by atoms with Gasteiger partial charge in [0.15, 0.2) is 0 Å². The Morgan fingerprint density at radius 2 is 2.20 bits per heavy atom. The number of hydrogen-bond donors (Lipinski definition) is 2. The van der Waals surface area contributed by atoms with Crippen molar-refractivity contribution in [1.29, 1.82) is 0 Å². The number of nitrogen functional groups attached to an aromatic ring is 1. The summed E-state index contributed by atoms with van der Waals surface area (Å²) in [6.45, 7) is 9.16. The number of aryl methyl sites for hydroxylation is 1. The minimum Gasteiger partial charge on any atom is -0.369 e. The molecule has 0 radical (unpaired) electrons. The summed E-state index contributed by atoms with van der Waals surface area (Å²) in [7, 11) is 0. The fourth-order valence-electron chi connectivity index (χ4n) is 2.77. The van der Waals surface area contributed by atoms with Gasteiger partial charge in [0.1, 0.15) is 0 Å². The summed E-state index contributed by atoms with van der Waals surface area (Å²) in [5.41, 5.74) is 4.72. The second kappa shape index (κ2) is 5.42. The van der Waals surface area contributed by atoms with Crippen molar-refractivity contribution in [2.75, 3.05) is 18.5 Å². The number of benzene rings is 1. The predicted molar refractivity (Wildman–Crippen MR) is 79.5 cm³/mol. The van der Waals surface area contributed by atoms with Gasteiger partial charge in [0.2, 0.25) is 0 Å². The number of rotatable bonds is 2. The third-order valence-electron chi connectivity index (χ3n) is 3.48. The molecule has 1 fully saturated rings. The molecule has 5 nitrogen and oxygen atoms in total. The van der Waals surface area contributed by atoms with Crippen LogP contribution in [0, 0.1) is 6.92 Å². The number of carbonyl (C=O) groups is 1. The molecule has 0 saturated carbocycles. The van der Waals surface area contributed by atoms with Crippen LogP contribution in [0.25, 0.3) is 0 Å². The molecule has 1 aliphatic rings. The van der Waals surface area contributed by atoms with Crippen molar-refractivity contribution < 1.29 is 9.53 Å². The predicted octanol–water partition coefficient (Wildman–Crippen LogP) is 1.92. The summed E-state index contributed by atoms with van der Waals surface area (Å²) in [4.78, 5) is 14.5. The molecule has 1 unspecified atom stereocenters. The van der Waals surface area contributed by atoms with E-state index >= 15 is 0 Å². The first-order valence-corrected chi connectivity index (χ1v) is 6.87. The molecule has 1 aromatic carbocycles. The lowest BCUT2D eigenvalue weighted by Gasteiger charge is -2.41. The molecule has 0 bridgehead atoms. The number of anilines is 1. The maximum absolute atomic E-state index is 12.7. The number of morpholine rings is 1. The number of nitrogens with one attached hydrogen (secondary N) is 1. The lowest BCUT2D eigenvalue weighted by atomic mass is 10.0. The molecule has 1 aliphatic heterocycles. The molecule has 1 heterocycles. The van der Waals surface area contributed by atoms with Gasteiger partial charge >= 0.3 is 0 Å². The van der Waals surface area contributed by atoms with Crippen molar-refractivity contribution in [3.05, 3.63) is 29.3 Å². The van der Waals surface area contributed by atoms with Gasteiger partial charge in [0, 0.05) is 24.3 Å². The van der Waals surface area contributed by atoms with E-state index in [-0.39, 0.29) is 17.6 Å². The van der Waals surface area contributed by atoms with Crippen LogP contribution in [-0.2, 0) is 4.74 Å². The molecule has 5 heteroatoms. The number of nitrogens with two attached hydrogens (primary N) is 1. The average molecular weight is 277 g/mol. The van der Waals surface area contributed by atoms with Crippen molar-refractivity contribution in [3.63, 3.8) is 0 Å². The van der Waals surface area contributed by atoms with Crippen LogP contribution in [0.4, 0.5) is 5.69 Å². The highest BCUT2D eigenvalue weighted by atomic mass is 16.5. The van der Waals surface area contributed by atoms with E-state index in [1.54, 1.807) is 0 Å². The molecule has 1 aromatic rings. The van der Waals surface area contributed by atoms with Crippen molar-refractivity contribution in [3.8, 4) is 0 Å². The molecule has 1 atom stereocenters. The molecule has 110 valence electrons. The maximum atomic E-state index is 12.7. The standard InChI is InChI=1S/C15H23N3O2/c1-10-7-12(17-16)5-6-13(10)14(19)18-8-11(2)20-15(3,4)9-18/h5-7,11,17H,8-9,16H2,1-4H3. The maximum Gasteiger partial charge on any atom is 0.254 e. The zero-order chi connectivity index (χ0) is 14.9. The van der Waals surface area contributed by atoms with Gasteiger partial charge in [0.25, 0.3) is 5.91 Å². The zero-order valence-electron chi connectivity index (χ0n) is 12.6. The highest BCUT2D eigenvalue weighted by Gasteiger charge is 2.34. The Hall–Kier alpha value is -1.59. The van der Waals surface area contributed by atoms with Gasteiger partial charge in [-0.2, -0.15) is 0 Å². The van der Waals surface area contributed by atoms with Crippen molar-refractivity contribution in [2.45, 2.75) is 39.4 Å². The summed E-state index contributed by atoms with van der Waals surface area (Å²) >= 11 is 0. The van der Waals surface area contributed by atoms with E-state index in [1.165, 1.54) is 0 Å². The summed E-state index contributed by atoms with van der Waals surface area (Å²) in [6, 6.07) is 5.51. The van der Waals surface area contributed by atoms with Gasteiger partial charge in [-0.25, -0.2) is 0 Å². The Balaban J connectivity index is 2.23. The van der Waals surface area contributed by atoms with Crippen LogP contribution in [0.15, 0.2) is 18.2 Å². The van der Waals surface area contributed by atoms with Gasteiger partial charge in [0.05, 0.1) is 11.7 Å². The van der Waals surface area contributed by atoms with E-state index in [0.29, 0.717) is 18.7 Å². The number of hydrogen-bond acceptors (Lipinski definition) is 4. The van der Waals surface area contributed by atoms with Gasteiger partial charge in [-0.05, 0) is 51.5 Å². The van der Waals surface area contributed by atoms with Gasteiger partial charge in [-0.3, -0.25) is 10.6 Å². The Labute approximate surface area is 120 Å². The quantitative estimate of drug-likeness (QED) is 0.640. The molecule has 0 aliphatic carbocycles. The number of amides is 1. The molecule has 3 N–H and O–H groups in total. The van der Waals surface area contributed by atoms with Crippen LogP contribution >= 0.6 is 0 Å². The average Bonchev–Trinajstić information content (AvgIpc) is 2.35. The van der Waals surface area contributed by atoms with Crippen molar-refractivity contribution in [2.24, 2.45) is 5.84 Å². The van der Waals surface area contributed by atoms with Crippen LogP contribution in [0.1, 0.15) is 36.7 Å². The minimum atomic E-state index is -0.306. The summed E-state index contributed by atoms with van der Waals surface area (Å²) in [5.74, 6) is 5.43. The van der Waals surface area contributed by atoms with Gasteiger partial charge < -0.3 is 15.1 Å². The number of hydrazine groups is 1. The molecule has 1 saturated heterocycles. The first-order chi connectivity index (χ1) is 9.32. The molecule has 1 amide bonds. The monoisotopic (exact) mass is 277 g/mol. The number of carbonyl (C=O) groups excluding carboxylic acids is 1.